The van der Waals surface area contributed by atoms with Crippen molar-refractivity contribution in [1.29, 1.82) is 0 Å². The van der Waals surface area contributed by atoms with E-state index in [1.807, 2.05) is 0 Å². The summed E-state index contributed by atoms with van der Waals surface area (Å²) in [4.78, 5) is 14.4. The highest BCUT2D eigenvalue weighted by Gasteiger charge is 2.21. The van der Waals surface area contributed by atoms with Crippen molar-refractivity contribution >= 4 is 5.91 Å². The second-order valence-electron chi connectivity index (χ2n) is 8.09. The first-order valence-corrected chi connectivity index (χ1v) is 10.3. The van der Waals surface area contributed by atoms with Crippen molar-refractivity contribution in [3.63, 3.8) is 0 Å². The summed E-state index contributed by atoms with van der Waals surface area (Å²) in [6.07, 6.45) is 2.25. The zero-order valence-corrected chi connectivity index (χ0v) is 17.2. The molecule has 1 aliphatic rings. The van der Waals surface area contributed by atoms with Gasteiger partial charge in [0.1, 0.15) is 18.1 Å². The summed E-state index contributed by atoms with van der Waals surface area (Å²) in [5.41, 5.74) is 1.32. The number of ether oxygens (including phenoxy) is 1. The number of rotatable bonds is 9. The molecule has 0 radical (unpaired) electrons. The van der Waals surface area contributed by atoms with Gasteiger partial charge in [0, 0.05) is 31.3 Å². The van der Waals surface area contributed by atoms with Gasteiger partial charge in [-0.2, -0.15) is 0 Å². The molecule has 1 saturated heterocycles. The Balaban J connectivity index is 1.30. The second-order valence-corrected chi connectivity index (χ2v) is 8.09. The van der Waals surface area contributed by atoms with Crippen LogP contribution in [0.3, 0.4) is 0 Å². The quantitative estimate of drug-likeness (QED) is 0.650. The number of likely N-dealkylation sites (tertiary alicyclic amines) is 1. The topological polar surface area (TPSA) is 67.6 Å². The molecular formula is C22H30FN3O3. The fourth-order valence-electron chi connectivity index (χ4n) is 3.93. The lowest BCUT2D eigenvalue weighted by atomic mass is 9.92. The first-order chi connectivity index (χ1) is 14.0. The molecule has 158 valence electrons. The number of aromatic nitrogens is 1. The first kappa shape index (κ1) is 21.5. The molecule has 7 heteroatoms. The van der Waals surface area contributed by atoms with Gasteiger partial charge >= 0.3 is 0 Å². The van der Waals surface area contributed by atoms with Crippen LogP contribution in [0.1, 0.15) is 32.4 Å². The standard InChI is InChI=1S/C22H30FN3O3/c1-16-10-17(2)13-26(12-16)9-3-8-24-22(27)15-28-14-20-11-21(29-25-20)18-4-6-19(23)7-5-18/h4-7,11,16-17H,3,8-10,12-15H2,1-2H3,(H,24,27)/t16-,17-/m0/s1. The van der Waals surface area contributed by atoms with E-state index in [0.717, 1.165) is 43.5 Å². The Morgan fingerprint density at radius 2 is 2.00 bits per heavy atom. The van der Waals surface area contributed by atoms with Crippen molar-refractivity contribution in [3.05, 3.63) is 41.8 Å². The molecule has 1 amide bonds. The smallest absolute Gasteiger partial charge is 0.246 e. The van der Waals surface area contributed by atoms with Crippen molar-refractivity contribution in [1.82, 2.24) is 15.4 Å². The van der Waals surface area contributed by atoms with E-state index in [-0.39, 0.29) is 24.9 Å². The molecule has 0 spiro atoms. The summed E-state index contributed by atoms with van der Waals surface area (Å²) in [6.45, 7) is 8.75. The molecule has 29 heavy (non-hydrogen) atoms. The minimum absolute atomic E-state index is 0.0173. The summed E-state index contributed by atoms with van der Waals surface area (Å²) in [6, 6.07) is 7.71. The monoisotopic (exact) mass is 403 g/mol. The number of hydrogen-bond donors (Lipinski definition) is 1. The Hall–Kier alpha value is -2.25. The van der Waals surface area contributed by atoms with Gasteiger partial charge in [-0.15, -0.1) is 0 Å². The lowest BCUT2D eigenvalue weighted by molar-refractivity contribution is -0.126. The fraction of sp³-hybridized carbons (Fsp3) is 0.545. The molecular weight excluding hydrogens is 373 g/mol. The highest BCUT2D eigenvalue weighted by Crippen LogP contribution is 2.21. The van der Waals surface area contributed by atoms with Gasteiger partial charge in [-0.25, -0.2) is 4.39 Å². The molecule has 1 aromatic heterocycles. The van der Waals surface area contributed by atoms with Crippen LogP contribution in [0.4, 0.5) is 4.39 Å². The van der Waals surface area contributed by atoms with Crippen LogP contribution in [0, 0.1) is 17.7 Å². The van der Waals surface area contributed by atoms with Crippen LogP contribution in [0.5, 0.6) is 0 Å². The molecule has 1 fully saturated rings. The van der Waals surface area contributed by atoms with Gasteiger partial charge in [-0.3, -0.25) is 4.79 Å². The number of hydrogen-bond acceptors (Lipinski definition) is 5. The highest BCUT2D eigenvalue weighted by atomic mass is 19.1. The lowest BCUT2D eigenvalue weighted by Crippen LogP contribution is -2.40. The minimum Gasteiger partial charge on any atom is -0.365 e. The van der Waals surface area contributed by atoms with E-state index in [4.69, 9.17) is 9.26 Å². The van der Waals surface area contributed by atoms with Gasteiger partial charge in [0.2, 0.25) is 5.91 Å². The third-order valence-electron chi connectivity index (χ3n) is 5.09. The average molecular weight is 403 g/mol. The van der Waals surface area contributed by atoms with Crippen LogP contribution in [0.2, 0.25) is 0 Å². The predicted molar refractivity (Wildman–Crippen MR) is 109 cm³/mol. The number of amides is 1. The largest absolute Gasteiger partial charge is 0.365 e. The number of benzene rings is 1. The number of halogens is 1. The molecule has 1 N–H and O–H groups in total. The van der Waals surface area contributed by atoms with Gasteiger partial charge in [0.15, 0.2) is 5.76 Å². The van der Waals surface area contributed by atoms with Gasteiger partial charge in [0.25, 0.3) is 0 Å². The van der Waals surface area contributed by atoms with E-state index in [1.165, 1.54) is 18.6 Å². The number of carbonyl (C=O) groups is 1. The van der Waals surface area contributed by atoms with E-state index < -0.39 is 0 Å². The van der Waals surface area contributed by atoms with Crippen molar-refractivity contribution in [2.45, 2.75) is 33.3 Å². The summed E-state index contributed by atoms with van der Waals surface area (Å²) in [5.74, 6) is 1.61. The maximum atomic E-state index is 13.0. The van der Waals surface area contributed by atoms with E-state index >= 15 is 0 Å². The Kier molecular flexibility index (Phi) is 7.77. The molecule has 1 aromatic carbocycles. The summed E-state index contributed by atoms with van der Waals surface area (Å²) in [5, 5.41) is 6.82. The zero-order valence-electron chi connectivity index (χ0n) is 17.2. The minimum atomic E-state index is -0.303. The number of piperidine rings is 1. The van der Waals surface area contributed by atoms with E-state index in [9.17, 15) is 9.18 Å². The zero-order chi connectivity index (χ0) is 20.6. The highest BCUT2D eigenvalue weighted by molar-refractivity contribution is 5.77. The molecule has 6 nitrogen and oxygen atoms in total. The summed E-state index contributed by atoms with van der Waals surface area (Å²) >= 11 is 0. The van der Waals surface area contributed by atoms with Gasteiger partial charge in [-0.05, 0) is 55.5 Å². The molecule has 2 heterocycles. The lowest BCUT2D eigenvalue weighted by Gasteiger charge is -2.34. The first-order valence-electron chi connectivity index (χ1n) is 10.3. The molecule has 2 atom stereocenters. The molecule has 0 unspecified atom stereocenters. The Morgan fingerprint density at radius 1 is 1.28 bits per heavy atom. The van der Waals surface area contributed by atoms with E-state index in [2.05, 4.69) is 29.2 Å². The fourth-order valence-corrected chi connectivity index (χ4v) is 3.93. The van der Waals surface area contributed by atoms with Crippen LogP contribution in [0.25, 0.3) is 11.3 Å². The molecule has 0 bridgehead atoms. The van der Waals surface area contributed by atoms with Crippen LogP contribution in [-0.2, 0) is 16.1 Å². The summed E-state index contributed by atoms with van der Waals surface area (Å²) < 4.78 is 23.6. The van der Waals surface area contributed by atoms with Crippen LogP contribution in [0.15, 0.2) is 34.9 Å². The average Bonchev–Trinajstić information content (AvgIpc) is 3.14. The molecule has 0 aliphatic carbocycles. The third kappa shape index (κ3) is 6.94. The Bertz CT molecular complexity index is 768. The normalized spacial score (nSPS) is 20.0. The van der Waals surface area contributed by atoms with Crippen molar-refractivity contribution in [3.8, 4) is 11.3 Å². The van der Waals surface area contributed by atoms with Crippen molar-refractivity contribution in [2.75, 3.05) is 32.8 Å². The Labute approximate surface area is 171 Å². The summed E-state index contributed by atoms with van der Waals surface area (Å²) in [7, 11) is 0. The van der Waals surface area contributed by atoms with Crippen molar-refractivity contribution < 1.29 is 18.4 Å². The van der Waals surface area contributed by atoms with Crippen molar-refractivity contribution in [2.24, 2.45) is 11.8 Å². The third-order valence-corrected chi connectivity index (χ3v) is 5.09. The molecule has 2 aromatic rings. The van der Waals surface area contributed by atoms with E-state index in [0.29, 0.717) is 18.0 Å². The Morgan fingerprint density at radius 3 is 2.72 bits per heavy atom. The van der Waals surface area contributed by atoms with Gasteiger partial charge < -0.3 is 19.5 Å². The molecule has 3 rings (SSSR count). The second kappa shape index (κ2) is 10.5. The predicted octanol–water partition coefficient (Wildman–Crippen LogP) is 3.48. The maximum absolute atomic E-state index is 13.0. The maximum Gasteiger partial charge on any atom is 0.246 e. The van der Waals surface area contributed by atoms with Crippen LogP contribution in [-0.4, -0.2) is 48.7 Å². The molecule has 0 saturated carbocycles. The number of carbonyl (C=O) groups excluding carboxylic acids is 1. The van der Waals surface area contributed by atoms with Gasteiger partial charge in [0.05, 0.1) is 6.61 Å². The number of nitrogens with zero attached hydrogens (tertiary/aromatic N) is 2. The van der Waals surface area contributed by atoms with Crippen LogP contribution >= 0.6 is 0 Å². The van der Waals surface area contributed by atoms with E-state index in [1.54, 1.807) is 18.2 Å². The van der Waals surface area contributed by atoms with Crippen LogP contribution < -0.4 is 5.32 Å². The van der Waals surface area contributed by atoms with Gasteiger partial charge in [-0.1, -0.05) is 19.0 Å². The number of nitrogens with one attached hydrogen (secondary N) is 1. The molecule has 1 aliphatic heterocycles. The SMILES string of the molecule is C[C@H]1C[C@H](C)CN(CCCNC(=O)COCc2cc(-c3ccc(F)cc3)on2)C1.